The summed E-state index contributed by atoms with van der Waals surface area (Å²) in [5.41, 5.74) is 1.36. The maximum absolute atomic E-state index is 13.7. The highest BCUT2D eigenvalue weighted by atomic mass is 79.9. The summed E-state index contributed by atoms with van der Waals surface area (Å²) in [7, 11) is 0. The van der Waals surface area contributed by atoms with Crippen molar-refractivity contribution < 1.29 is 13.6 Å². The van der Waals surface area contributed by atoms with E-state index >= 15 is 0 Å². The van der Waals surface area contributed by atoms with Gasteiger partial charge in [0, 0.05) is 15.4 Å². The Morgan fingerprint density at radius 2 is 1.95 bits per heavy atom. The van der Waals surface area contributed by atoms with Gasteiger partial charge in [0.25, 0.3) is 0 Å². The molecule has 2 nitrogen and oxygen atoms in total. The van der Waals surface area contributed by atoms with Crippen LogP contribution in [0.5, 0.6) is 0 Å². The first-order chi connectivity index (χ1) is 9.58. The van der Waals surface area contributed by atoms with Gasteiger partial charge in [-0.1, -0.05) is 28.1 Å². The quantitative estimate of drug-likeness (QED) is 0.626. The molecule has 0 saturated heterocycles. The summed E-state index contributed by atoms with van der Waals surface area (Å²) in [5, 5.41) is 0.846. The summed E-state index contributed by atoms with van der Waals surface area (Å²) >= 11 is 3.38. The van der Waals surface area contributed by atoms with E-state index in [0.29, 0.717) is 5.58 Å². The first kappa shape index (κ1) is 13.1. The Kier molecular flexibility index (Phi) is 3.18. The van der Waals surface area contributed by atoms with Crippen molar-refractivity contribution in [2.24, 2.45) is 0 Å². The summed E-state index contributed by atoms with van der Waals surface area (Å²) in [6, 6.07) is 11.4. The standard InChI is InChI=1S/C16H10BrFO2/c1-9-12-8-10(17)6-7-14(12)20-16(9)15(19)11-4-2-3-5-13(11)18/h2-8H,1H3. The fourth-order valence-corrected chi connectivity index (χ4v) is 2.54. The van der Waals surface area contributed by atoms with Gasteiger partial charge in [0.05, 0.1) is 5.56 Å². The van der Waals surface area contributed by atoms with E-state index < -0.39 is 11.6 Å². The SMILES string of the molecule is Cc1c(C(=O)c2ccccc2F)oc2ccc(Br)cc12. The van der Waals surface area contributed by atoms with Crippen LogP contribution in [0.1, 0.15) is 21.7 Å². The molecule has 3 rings (SSSR count). The predicted molar refractivity (Wildman–Crippen MR) is 78.5 cm³/mol. The first-order valence-electron chi connectivity index (χ1n) is 6.06. The minimum absolute atomic E-state index is 0.0220. The number of halogens is 2. The summed E-state index contributed by atoms with van der Waals surface area (Å²) in [6.45, 7) is 1.80. The third-order valence-electron chi connectivity index (χ3n) is 3.22. The summed E-state index contributed by atoms with van der Waals surface area (Å²) in [4.78, 5) is 12.4. The minimum Gasteiger partial charge on any atom is -0.452 e. The highest BCUT2D eigenvalue weighted by Gasteiger charge is 2.21. The second kappa shape index (κ2) is 4.87. The van der Waals surface area contributed by atoms with Gasteiger partial charge in [-0.15, -0.1) is 0 Å². The molecule has 0 N–H and O–H groups in total. The lowest BCUT2D eigenvalue weighted by molar-refractivity contribution is 0.101. The zero-order valence-electron chi connectivity index (χ0n) is 10.6. The molecule has 0 fully saturated rings. The molecule has 0 saturated carbocycles. The van der Waals surface area contributed by atoms with Crippen molar-refractivity contribution in [3.63, 3.8) is 0 Å². The van der Waals surface area contributed by atoms with E-state index in [2.05, 4.69) is 15.9 Å². The Balaban J connectivity index is 2.18. The van der Waals surface area contributed by atoms with Gasteiger partial charge < -0.3 is 4.42 Å². The van der Waals surface area contributed by atoms with Gasteiger partial charge in [-0.3, -0.25) is 4.79 Å². The van der Waals surface area contributed by atoms with Crippen LogP contribution in [0.4, 0.5) is 4.39 Å². The van der Waals surface area contributed by atoms with Crippen LogP contribution < -0.4 is 0 Å². The number of benzene rings is 2. The molecular formula is C16H10BrFO2. The highest BCUT2D eigenvalue weighted by Crippen LogP contribution is 2.29. The van der Waals surface area contributed by atoms with Gasteiger partial charge in [-0.2, -0.15) is 0 Å². The lowest BCUT2D eigenvalue weighted by atomic mass is 10.0. The number of fused-ring (bicyclic) bond motifs is 1. The zero-order chi connectivity index (χ0) is 14.3. The number of aryl methyl sites for hydroxylation is 1. The topological polar surface area (TPSA) is 30.2 Å². The lowest BCUT2D eigenvalue weighted by Crippen LogP contribution is -2.04. The number of furan rings is 1. The highest BCUT2D eigenvalue weighted by molar-refractivity contribution is 9.10. The van der Waals surface area contributed by atoms with Gasteiger partial charge in [-0.05, 0) is 37.3 Å². The number of rotatable bonds is 2. The second-order valence-corrected chi connectivity index (χ2v) is 5.42. The van der Waals surface area contributed by atoms with Crippen LogP contribution in [-0.4, -0.2) is 5.78 Å². The Morgan fingerprint density at radius 1 is 1.20 bits per heavy atom. The van der Waals surface area contributed by atoms with Gasteiger partial charge in [0.2, 0.25) is 5.78 Å². The molecule has 3 aromatic rings. The average molecular weight is 333 g/mol. The zero-order valence-corrected chi connectivity index (χ0v) is 12.2. The minimum atomic E-state index is -0.543. The Hall–Kier alpha value is -1.94. The molecule has 0 aliphatic rings. The molecule has 1 aromatic heterocycles. The molecule has 0 atom stereocenters. The van der Waals surface area contributed by atoms with Crippen LogP contribution >= 0.6 is 15.9 Å². The Labute approximate surface area is 123 Å². The number of carbonyl (C=O) groups excluding carboxylic acids is 1. The molecule has 0 spiro atoms. The monoisotopic (exact) mass is 332 g/mol. The van der Waals surface area contributed by atoms with E-state index in [4.69, 9.17) is 4.42 Å². The van der Waals surface area contributed by atoms with Crippen molar-refractivity contribution in [2.75, 3.05) is 0 Å². The molecule has 1 heterocycles. The molecule has 0 aliphatic carbocycles. The fourth-order valence-electron chi connectivity index (χ4n) is 2.18. The molecule has 4 heteroatoms. The molecule has 0 radical (unpaired) electrons. The van der Waals surface area contributed by atoms with Gasteiger partial charge >= 0.3 is 0 Å². The molecule has 0 bridgehead atoms. The van der Waals surface area contributed by atoms with Crippen LogP contribution in [0.15, 0.2) is 51.4 Å². The molecule has 0 aliphatic heterocycles. The van der Waals surface area contributed by atoms with Crippen LogP contribution in [0.25, 0.3) is 11.0 Å². The maximum Gasteiger partial charge on any atom is 0.231 e. The van der Waals surface area contributed by atoms with Crippen LogP contribution in [0, 0.1) is 12.7 Å². The van der Waals surface area contributed by atoms with Crippen molar-refractivity contribution in [3.8, 4) is 0 Å². The second-order valence-electron chi connectivity index (χ2n) is 4.51. The van der Waals surface area contributed by atoms with E-state index in [9.17, 15) is 9.18 Å². The van der Waals surface area contributed by atoms with E-state index in [-0.39, 0.29) is 11.3 Å². The first-order valence-corrected chi connectivity index (χ1v) is 6.85. The average Bonchev–Trinajstić information content (AvgIpc) is 2.76. The largest absolute Gasteiger partial charge is 0.452 e. The van der Waals surface area contributed by atoms with Gasteiger partial charge in [-0.25, -0.2) is 4.39 Å². The van der Waals surface area contributed by atoms with E-state index in [1.54, 1.807) is 25.1 Å². The summed E-state index contributed by atoms with van der Waals surface area (Å²) in [5.74, 6) is -0.797. The summed E-state index contributed by atoms with van der Waals surface area (Å²) < 4.78 is 20.2. The van der Waals surface area contributed by atoms with Crippen molar-refractivity contribution in [1.29, 1.82) is 0 Å². The van der Waals surface area contributed by atoms with Gasteiger partial charge in [0.1, 0.15) is 11.4 Å². The van der Waals surface area contributed by atoms with Crippen molar-refractivity contribution in [2.45, 2.75) is 6.92 Å². The smallest absolute Gasteiger partial charge is 0.231 e. The normalized spacial score (nSPS) is 10.9. The van der Waals surface area contributed by atoms with Crippen LogP contribution in [0.3, 0.4) is 0 Å². The van der Waals surface area contributed by atoms with Gasteiger partial charge in [0.15, 0.2) is 5.76 Å². The van der Waals surface area contributed by atoms with E-state index in [1.165, 1.54) is 12.1 Å². The number of carbonyl (C=O) groups is 1. The van der Waals surface area contributed by atoms with E-state index in [1.807, 2.05) is 12.1 Å². The number of hydrogen-bond acceptors (Lipinski definition) is 2. The molecule has 0 unspecified atom stereocenters. The molecule has 0 amide bonds. The Bertz CT molecular complexity index is 820. The number of ketones is 1. The third-order valence-corrected chi connectivity index (χ3v) is 3.72. The molecular weight excluding hydrogens is 323 g/mol. The molecule has 100 valence electrons. The predicted octanol–water partition coefficient (Wildman–Crippen LogP) is 4.87. The molecule has 2 aromatic carbocycles. The number of hydrogen-bond donors (Lipinski definition) is 0. The third kappa shape index (κ3) is 2.06. The maximum atomic E-state index is 13.7. The van der Waals surface area contributed by atoms with Crippen molar-refractivity contribution in [1.82, 2.24) is 0 Å². The lowest BCUT2D eigenvalue weighted by Gasteiger charge is -2.00. The van der Waals surface area contributed by atoms with Crippen molar-refractivity contribution >= 4 is 32.7 Å². The van der Waals surface area contributed by atoms with Crippen LogP contribution in [-0.2, 0) is 0 Å². The van der Waals surface area contributed by atoms with E-state index in [0.717, 1.165) is 15.4 Å². The van der Waals surface area contributed by atoms with Crippen molar-refractivity contribution in [3.05, 3.63) is 69.6 Å². The summed E-state index contributed by atoms with van der Waals surface area (Å²) in [6.07, 6.45) is 0. The fraction of sp³-hybridized carbons (Fsp3) is 0.0625. The Morgan fingerprint density at radius 3 is 2.70 bits per heavy atom. The van der Waals surface area contributed by atoms with Crippen LogP contribution in [0.2, 0.25) is 0 Å². The molecule has 20 heavy (non-hydrogen) atoms.